The summed E-state index contributed by atoms with van der Waals surface area (Å²) in [5.41, 5.74) is 0. The summed E-state index contributed by atoms with van der Waals surface area (Å²) in [6.07, 6.45) is 0. The van der Waals surface area contributed by atoms with Crippen LogP contribution in [0.1, 0.15) is 13.8 Å². The first-order valence-electron chi connectivity index (χ1n) is 2.53. The van der Waals surface area contributed by atoms with E-state index in [-0.39, 0.29) is 22.7 Å². The van der Waals surface area contributed by atoms with Gasteiger partial charge in [-0.05, 0) is 5.92 Å². The van der Waals surface area contributed by atoms with Crippen molar-refractivity contribution in [1.29, 1.82) is 0 Å². The second kappa shape index (κ2) is 3.43. The molecule has 0 aliphatic heterocycles. The summed E-state index contributed by atoms with van der Waals surface area (Å²) in [7, 11) is -3.25. The highest BCUT2D eigenvalue weighted by Crippen LogP contribution is 2.11. The molecule has 1 N–H and O–H groups in total. The molecule has 0 heterocycles. The van der Waals surface area contributed by atoms with E-state index in [4.69, 9.17) is 4.55 Å². The Morgan fingerprint density at radius 1 is 1.56 bits per heavy atom. The highest BCUT2D eigenvalue weighted by molar-refractivity contribution is 8.69. The summed E-state index contributed by atoms with van der Waals surface area (Å²) in [6.45, 7) is 3.57. The highest BCUT2D eigenvalue weighted by Gasteiger charge is 2.11. The van der Waals surface area contributed by atoms with Crippen LogP contribution in [-0.2, 0) is 8.87 Å². The molecule has 0 rings (SSSR count). The quantitative estimate of drug-likeness (QED) is 0.510. The number of hydrogen-bond acceptors (Lipinski definition) is 4. The van der Waals surface area contributed by atoms with Crippen molar-refractivity contribution in [2.24, 2.45) is 5.92 Å². The van der Waals surface area contributed by atoms with Gasteiger partial charge in [-0.3, -0.25) is 0 Å². The maximum absolute atomic E-state index is 10.5. The van der Waals surface area contributed by atoms with Gasteiger partial charge in [0.1, 0.15) is 11.1 Å². The Kier molecular flexibility index (Phi) is 3.53. The van der Waals surface area contributed by atoms with Gasteiger partial charge in [0, 0.05) is 0 Å². The zero-order chi connectivity index (χ0) is 7.49. The predicted octanol–water partition coefficient (Wildman–Crippen LogP) is 1.18. The second-order valence-electron chi connectivity index (χ2n) is 2.19. The molecule has 0 aliphatic carbocycles. The van der Waals surface area contributed by atoms with Gasteiger partial charge in [-0.15, -0.1) is 0 Å². The average Bonchev–Trinajstić information content (AvgIpc) is 1.63. The fourth-order valence-corrected chi connectivity index (χ4v) is 2.32. The van der Waals surface area contributed by atoms with Crippen LogP contribution < -0.4 is 0 Å². The van der Waals surface area contributed by atoms with Crippen molar-refractivity contribution in [3.8, 4) is 0 Å². The Balaban J connectivity index is 3.90. The van der Waals surface area contributed by atoms with Gasteiger partial charge in [0.25, 0.3) is 0 Å². The van der Waals surface area contributed by atoms with E-state index >= 15 is 0 Å². The van der Waals surface area contributed by atoms with Crippen LogP contribution in [0.3, 0.4) is 0 Å². The maximum Gasteiger partial charge on any atom is 0.226 e. The van der Waals surface area contributed by atoms with Crippen LogP contribution in [-0.4, -0.2) is 18.7 Å². The first-order valence-corrected chi connectivity index (χ1v) is 5.48. The third-order valence-corrected chi connectivity index (χ3v) is 3.04. The van der Waals surface area contributed by atoms with Gasteiger partial charge >= 0.3 is 0 Å². The van der Waals surface area contributed by atoms with Crippen LogP contribution in [0.25, 0.3) is 0 Å². The highest BCUT2D eigenvalue weighted by atomic mass is 33.1. The molecule has 3 nitrogen and oxygen atoms in total. The minimum absolute atomic E-state index is 0.0359. The summed E-state index contributed by atoms with van der Waals surface area (Å²) in [5, 5.41) is 0. The van der Waals surface area contributed by atoms with Crippen LogP contribution in [0.2, 0.25) is 0 Å². The van der Waals surface area contributed by atoms with Crippen LogP contribution in [0.15, 0.2) is 0 Å². The first-order chi connectivity index (χ1) is 3.98. The molecule has 0 aromatic heterocycles. The van der Waals surface area contributed by atoms with E-state index in [2.05, 4.69) is 0 Å². The van der Waals surface area contributed by atoms with Crippen molar-refractivity contribution in [3.63, 3.8) is 0 Å². The lowest BCUT2D eigenvalue weighted by Gasteiger charge is -2.00. The molecule has 0 atom stereocenters. The van der Waals surface area contributed by atoms with Crippen LogP contribution in [0, 0.1) is 5.92 Å². The fourth-order valence-electron chi connectivity index (χ4n) is 0.439. The smallest absolute Gasteiger partial charge is 0.226 e. The van der Waals surface area contributed by atoms with Crippen LogP contribution in [0.5, 0.6) is 0 Å². The molecule has 0 bridgehead atoms. The van der Waals surface area contributed by atoms with Gasteiger partial charge in [0.05, 0.1) is 5.75 Å². The normalized spacial score (nSPS) is 12.4. The molecule has 0 fully saturated rings. The largest absolute Gasteiger partial charge is 0.317 e. The lowest BCUT2D eigenvalue weighted by molar-refractivity contribution is 0.590. The van der Waals surface area contributed by atoms with Crippen molar-refractivity contribution < 1.29 is 13.0 Å². The van der Waals surface area contributed by atoms with Crippen molar-refractivity contribution in [2.45, 2.75) is 13.8 Å². The molecule has 0 spiro atoms. The molecule has 56 valence electrons. The van der Waals surface area contributed by atoms with E-state index in [1.54, 1.807) is 13.8 Å². The molecule has 9 heavy (non-hydrogen) atoms. The fraction of sp³-hybridized carbons (Fsp3) is 1.00. The van der Waals surface area contributed by atoms with Gasteiger partial charge in [-0.25, -0.2) is 8.42 Å². The van der Waals surface area contributed by atoms with E-state index in [1.165, 1.54) is 0 Å². The third-order valence-electron chi connectivity index (χ3n) is 0.651. The van der Waals surface area contributed by atoms with Crippen molar-refractivity contribution in [2.75, 3.05) is 5.75 Å². The monoisotopic (exact) mass is 170 g/mol. The molecule has 0 aromatic carbocycles. The summed E-state index contributed by atoms with van der Waals surface area (Å²) in [5.74, 6) is 0.114. The Bertz CT molecular complexity index is 159. The predicted molar refractivity (Wildman–Crippen MR) is 38.8 cm³/mol. The Hall–Kier alpha value is 0.260. The molecular weight excluding hydrogens is 160 g/mol. The number of hydrogen-bond donors (Lipinski definition) is 1. The third kappa shape index (κ3) is 4.74. The van der Waals surface area contributed by atoms with E-state index in [1.807, 2.05) is 0 Å². The summed E-state index contributed by atoms with van der Waals surface area (Å²) >= 11 is -0.0724. The summed E-state index contributed by atoms with van der Waals surface area (Å²) in [6, 6.07) is 0. The van der Waals surface area contributed by atoms with Crippen LogP contribution in [0.4, 0.5) is 0 Å². The molecule has 0 amide bonds. The topological polar surface area (TPSA) is 54.4 Å². The SMILES string of the molecule is CC(C)CS(=O)(=O)SO. The summed E-state index contributed by atoms with van der Waals surface area (Å²) in [4.78, 5) is 0. The molecular formula is C4H10O3S2. The van der Waals surface area contributed by atoms with Gasteiger partial charge < -0.3 is 4.55 Å². The molecule has 0 saturated carbocycles. The lowest BCUT2D eigenvalue weighted by Crippen LogP contribution is -2.06. The first kappa shape index (κ1) is 9.26. The van der Waals surface area contributed by atoms with E-state index in [0.717, 1.165) is 0 Å². The molecule has 0 aliphatic rings. The molecule has 5 heteroatoms. The van der Waals surface area contributed by atoms with Crippen molar-refractivity contribution in [1.82, 2.24) is 0 Å². The Morgan fingerprint density at radius 3 is 2.11 bits per heavy atom. The Labute approximate surface area is 59.0 Å². The van der Waals surface area contributed by atoms with E-state index in [9.17, 15) is 8.42 Å². The molecule has 0 saturated heterocycles. The maximum atomic E-state index is 10.5. The van der Waals surface area contributed by atoms with Gasteiger partial charge in [0.15, 0.2) is 0 Å². The van der Waals surface area contributed by atoms with E-state index in [0.29, 0.717) is 0 Å². The Morgan fingerprint density at radius 2 is 2.00 bits per heavy atom. The zero-order valence-corrected chi connectivity index (χ0v) is 7.00. The molecule has 0 unspecified atom stereocenters. The standard InChI is InChI=1S/C4H10O3S2/c1-4(2)3-9(6,7)8-5/h4-5H,3H2,1-2H3. The van der Waals surface area contributed by atoms with Gasteiger partial charge in [-0.2, -0.15) is 0 Å². The lowest BCUT2D eigenvalue weighted by atomic mass is 10.3. The van der Waals surface area contributed by atoms with E-state index < -0.39 is 8.87 Å². The summed E-state index contributed by atoms with van der Waals surface area (Å²) < 4.78 is 29.2. The van der Waals surface area contributed by atoms with Crippen LogP contribution >= 0.6 is 11.1 Å². The molecule has 0 radical (unpaired) electrons. The molecule has 0 aromatic rings. The van der Waals surface area contributed by atoms with Gasteiger partial charge in [0.2, 0.25) is 8.87 Å². The van der Waals surface area contributed by atoms with Crippen molar-refractivity contribution in [3.05, 3.63) is 0 Å². The second-order valence-corrected chi connectivity index (χ2v) is 5.76. The zero-order valence-electron chi connectivity index (χ0n) is 5.36. The minimum atomic E-state index is -3.25. The minimum Gasteiger partial charge on any atom is -0.317 e. The average molecular weight is 170 g/mol. The number of rotatable bonds is 3. The van der Waals surface area contributed by atoms with Crippen molar-refractivity contribution >= 4 is 19.9 Å². The van der Waals surface area contributed by atoms with Gasteiger partial charge in [-0.1, -0.05) is 13.8 Å².